The topological polar surface area (TPSA) is 55.8 Å². The lowest BCUT2D eigenvalue weighted by molar-refractivity contribution is -0.0960. The number of thioether (sulfide) groups is 1. The van der Waals surface area contributed by atoms with Crippen LogP contribution >= 0.6 is 11.8 Å². The summed E-state index contributed by atoms with van der Waals surface area (Å²) in [6.45, 7) is 0.600. The van der Waals surface area contributed by atoms with Gasteiger partial charge in [0, 0.05) is 18.6 Å². The highest BCUT2D eigenvalue weighted by Gasteiger charge is 2.41. The summed E-state index contributed by atoms with van der Waals surface area (Å²) < 4.78 is 25.4. The van der Waals surface area contributed by atoms with E-state index in [1.54, 1.807) is 0 Å². The summed E-state index contributed by atoms with van der Waals surface area (Å²) in [6.07, 6.45) is 2.29. The molecule has 1 aromatic rings. The van der Waals surface area contributed by atoms with Crippen molar-refractivity contribution in [2.24, 2.45) is 0 Å². The summed E-state index contributed by atoms with van der Waals surface area (Å²) in [7, 11) is 0. The van der Waals surface area contributed by atoms with Crippen molar-refractivity contribution in [1.29, 1.82) is 0 Å². The number of ether oxygens (including phenoxy) is 2. The van der Waals surface area contributed by atoms with Crippen molar-refractivity contribution in [1.82, 2.24) is 0 Å². The van der Waals surface area contributed by atoms with Crippen LogP contribution in [0, 0.1) is 5.82 Å². The zero-order valence-corrected chi connectivity index (χ0v) is 12.3. The third kappa shape index (κ3) is 3.01. The number of benzene rings is 1. The largest absolute Gasteiger partial charge is 0.489 e. The van der Waals surface area contributed by atoms with Gasteiger partial charge in [0.05, 0.1) is 12.2 Å². The monoisotopic (exact) mass is 312 g/mol. The predicted molar refractivity (Wildman–Crippen MR) is 77.6 cm³/mol. The molecule has 3 rings (SSSR count). The maximum absolute atomic E-state index is 13.7. The smallest absolute Gasteiger partial charge is 0.342 e. The zero-order valence-electron chi connectivity index (χ0n) is 11.5. The molecular weight excluding hydrogens is 295 g/mol. The SMILES string of the molecule is O=C(O)c1c(F)cccc1OC1CCOC2(CCSC2)C1. The molecule has 0 bridgehead atoms. The van der Waals surface area contributed by atoms with Crippen molar-refractivity contribution in [3.05, 3.63) is 29.6 Å². The second-order valence-corrected chi connectivity index (χ2v) is 6.59. The third-order valence-electron chi connectivity index (χ3n) is 4.00. The molecule has 2 heterocycles. The molecule has 2 aliphatic heterocycles. The van der Waals surface area contributed by atoms with Gasteiger partial charge in [0.25, 0.3) is 0 Å². The molecule has 1 N–H and O–H groups in total. The minimum atomic E-state index is -1.30. The maximum atomic E-state index is 13.7. The molecule has 2 fully saturated rings. The van der Waals surface area contributed by atoms with E-state index in [9.17, 15) is 9.18 Å². The molecule has 2 saturated heterocycles. The van der Waals surface area contributed by atoms with E-state index < -0.39 is 11.8 Å². The highest BCUT2D eigenvalue weighted by molar-refractivity contribution is 7.99. The van der Waals surface area contributed by atoms with E-state index in [-0.39, 0.29) is 23.0 Å². The lowest BCUT2D eigenvalue weighted by Gasteiger charge is -2.37. The lowest BCUT2D eigenvalue weighted by atomic mass is 9.91. The van der Waals surface area contributed by atoms with Gasteiger partial charge in [-0.3, -0.25) is 0 Å². The molecule has 4 nitrogen and oxygen atoms in total. The predicted octanol–water partition coefficient (Wildman–Crippen LogP) is 2.96. The molecule has 114 valence electrons. The average molecular weight is 312 g/mol. The molecule has 0 aliphatic carbocycles. The Balaban J connectivity index is 1.77. The van der Waals surface area contributed by atoms with Gasteiger partial charge < -0.3 is 14.6 Å². The highest BCUT2D eigenvalue weighted by Crippen LogP contribution is 2.39. The van der Waals surface area contributed by atoms with Crippen LogP contribution in [-0.4, -0.2) is 40.9 Å². The van der Waals surface area contributed by atoms with Gasteiger partial charge in [0.15, 0.2) is 0 Å². The van der Waals surface area contributed by atoms with Crippen LogP contribution in [0.2, 0.25) is 0 Å². The van der Waals surface area contributed by atoms with E-state index in [0.717, 1.165) is 30.4 Å². The van der Waals surface area contributed by atoms with Crippen molar-refractivity contribution < 1.29 is 23.8 Å². The lowest BCUT2D eigenvalue weighted by Crippen LogP contribution is -2.44. The molecule has 0 radical (unpaired) electrons. The van der Waals surface area contributed by atoms with Crippen molar-refractivity contribution in [2.45, 2.75) is 31.0 Å². The fourth-order valence-electron chi connectivity index (χ4n) is 2.94. The summed E-state index contributed by atoms with van der Waals surface area (Å²) in [5, 5.41) is 9.13. The molecule has 0 saturated carbocycles. The van der Waals surface area contributed by atoms with Gasteiger partial charge in [-0.25, -0.2) is 9.18 Å². The minimum Gasteiger partial charge on any atom is -0.489 e. The van der Waals surface area contributed by atoms with E-state index in [2.05, 4.69) is 0 Å². The summed E-state index contributed by atoms with van der Waals surface area (Å²) in [5.74, 6) is 0.0594. The van der Waals surface area contributed by atoms with Crippen molar-refractivity contribution >= 4 is 17.7 Å². The van der Waals surface area contributed by atoms with Crippen LogP contribution in [0.15, 0.2) is 18.2 Å². The molecule has 21 heavy (non-hydrogen) atoms. The van der Waals surface area contributed by atoms with Crippen LogP contribution in [0.3, 0.4) is 0 Å². The number of carboxylic acids is 1. The second-order valence-electron chi connectivity index (χ2n) is 5.48. The van der Waals surface area contributed by atoms with Crippen LogP contribution in [0.25, 0.3) is 0 Å². The van der Waals surface area contributed by atoms with E-state index in [1.165, 1.54) is 12.1 Å². The normalized spacial score (nSPS) is 28.7. The Labute approximate surface area is 126 Å². The van der Waals surface area contributed by atoms with Gasteiger partial charge in [-0.1, -0.05) is 6.07 Å². The first-order valence-electron chi connectivity index (χ1n) is 7.00. The van der Waals surface area contributed by atoms with Gasteiger partial charge >= 0.3 is 5.97 Å². The minimum absolute atomic E-state index is 0.107. The molecule has 2 atom stereocenters. The van der Waals surface area contributed by atoms with Crippen molar-refractivity contribution in [3.63, 3.8) is 0 Å². The summed E-state index contributed by atoms with van der Waals surface area (Å²) in [4.78, 5) is 11.2. The second kappa shape index (κ2) is 5.85. The molecule has 2 aliphatic rings. The first kappa shape index (κ1) is 14.7. The summed E-state index contributed by atoms with van der Waals surface area (Å²) >= 11 is 1.86. The number of carbonyl (C=O) groups is 1. The van der Waals surface area contributed by atoms with Crippen molar-refractivity contribution in [3.8, 4) is 5.75 Å². The Morgan fingerprint density at radius 3 is 3.10 bits per heavy atom. The van der Waals surface area contributed by atoms with Gasteiger partial charge in [0.2, 0.25) is 0 Å². The standard InChI is InChI=1S/C15H17FO4S/c16-11-2-1-3-12(13(11)14(17)18)20-10-4-6-19-15(8-10)5-7-21-9-15/h1-3,10H,4-9H2,(H,17,18). The van der Waals surface area contributed by atoms with E-state index >= 15 is 0 Å². The maximum Gasteiger partial charge on any atom is 0.342 e. The highest BCUT2D eigenvalue weighted by atomic mass is 32.2. The number of hydrogen-bond donors (Lipinski definition) is 1. The number of rotatable bonds is 3. The van der Waals surface area contributed by atoms with E-state index in [4.69, 9.17) is 14.6 Å². The average Bonchev–Trinajstić information content (AvgIpc) is 2.86. The number of hydrogen-bond acceptors (Lipinski definition) is 4. The van der Waals surface area contributed by atoms with Crippen molar-refractivity contribution in [2.75, 3.05) is 18.1 Å². The fraction of sp³-hybridized carbons (Fsp3) is 0.533. The Hall–Kier alpha value is -1.27. The van der Waals surface area contributed by atoms with Crippen LogP contribution in [0.5, 0.6) is 5.75 Å². The molecule has 6 heteroatoms. The Bertz CT molecular complexity index is 542. The van der Waals surface area contributed by atoms with Crippen LogP contribution in [0.1, 0.15) is 29.6 Å². The van der Waals surface area contributed by atoms with E-state index in [0.29, 0.717) is 13.0 Å². The van der Waals surface area contributed by atoms with Crippen LogP contribution in [-0.2, 0) is 4.74 Å². The molecule has 2 unspecified atom stereocenters. The third-order valence-corrected chi connectivity index (χ3v) is 5.22. The molecule has 1 spiro atoms. The first-order chi connectivity index (χ1) is 10.1. The van der Waals surface area contributed by atoms with Gasteiger partial charge in [-0.2, -0.15) is 11.8 Å². The van der Waals surface area contributed by atoms with Gasteiger partial charge in [-0.15, -0.1) is 0 Å². The zero-order chi connectivity index (χ0) is 14.9. The molecule has 0 aromatic heterocycles. The van der Waals surface area contributed by atoms with Gasteiger partial charge in [-0.05, 0) is 24.3 Å². The summed E-state index contributed by atoms with van der Waals surface area (Å²) in [5.41, 5.74) is -0.538. The van der Waals surface area contributed by atoms with Crippen LogP contribution in [0.4, 0.5) is 4.39 Å². The molecular formula is C15H17FO4S. The Morgan fingerprint density at radius 1 is 1.52 bits per heavy atom. The fourth-order valence-corrected chi connectivity index (χ4v) is 4.31. The van der Waals surface area contributed by atoms with Gasteiger partial charge in [0.1, 0.15) is 23.2 Å². The number of halogens is 1. The Morgan fingerprint density at radius 2 is 2.38 bits per heavy atom. The van der Waals surface area contributed by atoms with Crippen LogP contribution < -0.4 is 4.74 Å². The molecule has 0 amide bonds. The number of aromatic carboxylic acids is 1. The van der Waals surface area contributed by atoms with E-state index in [1.807, 2.05) is 11.8 Å². The summed E-state index contributed by atoms with van der Waals surface area (Å²) in [6, 6.07) is 4.12. The quantitative estimate of drug-likeness (QED) is 0.930. The number of carboxylic acid groups (broad SMARTS) is 1. The molecule has 1 aromatic carbocycles. The Kier molecular flexibility index (Phi) is 4.08. The first-order valence-corrected chi connectivity index (χ1v) is 8.15.